The minimum atomic E-state index is -4.38. The summed E-state index contributed by atoms with van der Waals surface area (Å²) in [5.41, 5.74) is 0. The van der Waals surface area contributed by atoms with E-state index in [-0.39, 0.29) is 0 Å². The number of benzene rings is 3. The zero-order valence-electron chi connectivity index (χ0n) is 12.8. The summed E-state index contributed by atoms with van der Waals surface area (Å²) < 4.78 is 59.1. The Morgan fingerprint density at radius 2 is 1.28 bits per heavy atom. The van der Waals surface area contributed by atoms with Crippen molar-refractivity contribution in [1.82, 2.24) is 0 Å². The Labute approximate surface area is 152 Å². The SMILES string of the molecule is O=S(=O)(OI(c1ccccc1)c1ccccc1)c1ccc(F)cc1F. The van der Waals surface area contributed by atoms with E-state index in [2.05, 4.69) is 0 Å². The molecule has 0 spiro atoms. The quantitative estimate of drug-likeness (QED) is 0.498. The van der Waals surface area contributed by atoms with Gasteiger partial charge in [-0.25, -0.2) is 0 Å². The van der Waals surface area contributed by atoms with Crippen molar-refractivity contribution in [2.75, 3.05) is 0 Å². The summed E-state index contributed by atoms with van der Waals surface area (Å²) >= 11 is -2.84. The molecule has 3 rings (SSSR count). The predicted octanol–water partition coefficient (Wildman–Crippen LogP) is 4.83. The van der Waals surface area contributed by atoms with Crippen LogP contribution >= 0.6 is 20.2 Å². The van der Waals surface area contributed by atoms with E-state index in [0.717, 1.165) is 19.3 Å². The third-order valence-corrected chi connectivity index (χ3v) is 10.5. The first-order valence-corrected chi connectivity index (χ1v) is 11.6. The topological polar surface area (TPSA) is 43.4 Å². The van der Waals surface area contributed by atoms with E-state index < -0.39 is 46.9 Å². The Kier molecular flexibility index (Phi) is 5.45. The van der Waals surface area contributed by atoms with Gasteiger partial charge in [0.05, 0.1) is 0 Å². The summed E-state index contributed by atoms with van der Waals surface area (Å²) in [5, 5.41) is 0. The van der Waals surface area contributed by atoms with E-state index in [1.54, 1.807) is 48.5 Å². The second kappa shape index (κ2) is 7.59. The minimum absolute atomic E-state index is 0.528. The van der Waals surface area contributed by atoms with Crippen LogP contribution in [0.4, 0.5) is 8.78 Å². The molecular weight excluding hydrogens is 461 g/mol. The molecule has 0 saturated heterocycles. The molecule has 0 heterocycles. The van der Waals surface area contributed by atoms with E-state index in [1.807, 2.05) is 12.1 Å². The van der Waals surface area contributed by atoms with Crippen LogP contribution in [0.3, 0.4) is 0 Å². The van der Waals surface area contributed by atoms with Crippen LogP contribution in [-0.2, 0) is 12.6 Å². The van der Waals surface area contributed by atoms with Crippen molar-refractivity contribution >= 4 is 30.4 Å². The van der Waals surface area contributed by atoms with Crippen LogP contribution in [0.25, 0.3) is 0 Å². The number of hydrogen-bond acceptors (Lipinski definition) is 3. The molecule has 0 unspecified atom stereocenters. The number of hydrogen-bond donors (Lipinski definition) is 0. The Morgan fingerprint density at radius 3 is 1.76 bits per heavy atom. The van der Waals surface area contributed by atoms with Gasteiger partial charge in [0.25, 0.3) is 0 Å². The summed E-state index contributed by atoms with van der Waals surface area (Å²) in [6, 6.07) is 20.2. The molecule has 3 aromatic rings. The van der Waals surface area contributed by atoms with Gasteiger partial charge in [0.2, 0.25) is 0 Å². The van der Waals surface area contributed by atoms with Crippen molar-refractivity contribution in [3.63, 3.8) is 0 Å². The van der Waals surface area contributed by atoms with Gasteiger partial charge in [-0.2, -0.15) is 0 Å². The average molecular weight is 474 g/mol. The summed E-state index contributed by atoms with van der Waals surface area (Å²) in [6.45, 7) is 0. The fourth-order valence-electron chi connectivity index (χ4n) is 2.05. The number of rotatable bonds is 5. The van der Waals surface area contributed by atoms with Crippen LogP contribution in [0.15, 0.2) is 83.8 Å². The Bertz CT molecular complexity index is 925. The molecule has 3 aromatic carbocycles. The van der Waals surface area contributed by atoms with Crippen molar-refractivity contribution in [2.24, 2.45) is 0 Å². The molecule has 0 atom stereocenters. The van der Waals surface area contributed by atoms with Gasteiger partial charge >= 0.3 is 153 Å². The van der Waals surface area contributed by atoms with Gasteiger partial charge in [0.1, 0.15) is 0 Å². The molecule has 0 aliphatic rings. The maximum absolute atomic E-state index is 13.9. The first kappa shape index (κ1) is 18.0. The molecule has 0 aliphatic heterocycles. The second-order valence-electron chi connectivity index (χ2n) is 4.93. The van der Waals surface area contributed by atoms with Gasteiger partial charge in [0.15, 0.2) is 0 Å². The molecule has 0 aliphatic carbocycles. The van der Waals surface area contributed by atoms with Crippen LogP contribution < -0.4 is 0 Å². The molecule has 0 radical (unpaired) electrons. The average Bonchev–Trinajstić information content (AvgIpc) is 2.61. The van der Waals surface area contributed by atoms with Gasteiger partial charge < -0.3 is 0 Å². The van der Waals surface area contributed by atoms with Gasteiger partial charge in [-0.3, -0.25) is 0 Å². The van der Waals surface area contributed by atoms with E-state index in [9.17, 15) is 17.2 Å². The molecule has 7 heteroatoms. The van der Waals surface area contributed by atoms with E-state index in [4.69, 9.17) is 2.51 Å². The van der Waals surface area contributed by atoms with Crippen molar-refractivity contribution in [1.29, 1.82) is 0 Å². The molecule has 0 bridgehead atoms. The Hall–Kier alpha value is -1.84. The van der Waals surface area contributed by atoms with Crippen LogP contribution in [0.2, 0.25) is 0 Å². The second-order valence-corrected chi connectivity index (χ2v) is 11.4. The first-order valence-electron chi connectivity index (χ1n) is 7.17. The molecular formula is C18H13F2IO3S. The fraction of sp³-hybridized carbons (Fsp3) is 0. The normalized spacial score (nSPS) is 12.0. The molecule has 0 N–H and O–H groups in total. The molecule has 0 aromatic heterocycles. The van der Waals surface area contributed by atoms with Crippen molar-refractivity contribution < 1.29 is 19.7 Å². The van der Waals surface area contributed by atoms with Crippen LogP contribution in [0, 0.1) is 18.8 Å². The van der Waals surface area contributed by atoms with Gasteiger partial charge in [0, 0.05) is 0 Å². The summed E-state index contributed by atoms with van der Waals surface area (Å²) in [5.74, 6) is -2.02. The van der Waals surface area contributed by atoms with Crippen molar-refractivity contribution in [3.8, 4) is 0 Å². The van der Waals surface area contributed by atoms with Gasteiger partial charge in [-0.15, -0.1) is 0 Å². The first-order chi connectivity index (χ1) is 12.0. The van der Waals surface area contributed by atoms with Crippen LogP contribution in [0.5, 0.6) is 0 Å². The van der Waals surface area contributed by atoms with Gasteiger partial charge in [-0.05, 0) is 0 Å². The summed E-state index contributed by atoms with van der Waals surface area (Å²) in [7, 11) is -4.38. The van der Waals surface area contributed by atoms with E-state index in [1.165, 1.54) is 0 Å². The standard InChI is InChI=1S/C18H13F2IO3S/c19-14-11-12-18(17(20)13-14)25(22,23)24-21(15-7-3-1-4-8-15)16-9-5-2-6-10-16/h1-13H. The fourth-order valence-corrected chi connectivity index (χ4v) is 9.07. The summed E-state index contributed by atoms with van der Waals surface area (Å²) in [6.07, 6.45) is 0. The monoisotopic (exact) mass is 474 g/mol. The third-order valence-electron chi connectivity index (χ3n) is 3.17. The molecule has 3 nitrogen and oxygen atoms in total. The Morgan fingerprint density at radius 1 is 0.760 bits per heavy atom. The predicted molar refractivity (Wildman–Crippen MR) is 98.9 cm³/mol. The van der Waals surface area contributed by atoms with E-state index in [0.29, 0.717) is 6.07 Å². The zero-order chi connectivity index (χ0) is 17.9. The van der Waals surface area contributed by atoms with Crippen molar-refractivity contribution in [3.05, 3.63) is 97.6 Å². The van der Waals surface area contributed by atoms with Gasteiger partial charge in [-0.1, -0.05) is 0 Å². The third kappa shape index (κ3) is 4.23. The van der Waals surface area contributed by atoms with Crippen LogP contribution in [-0.4, -0.2) is 8.42 Å². The zero-order valence-corrected chi connectivity index (χ0v) is 15.7. The maximum atomic E-state index is 13.9. The molecule has 0 saturated carbocycles. The Balaban J connectivity index is 2.03. The molecule has 0 fully saturated rings. The van der Waals surface area contributed by atoms with Crippen molar-refractivity contribution in [2.45, 2.75) is 4.90 Å². The molecule has 130 valence electrons. The number of halogens is 3. The molecule has 0 amide bonds. The van der Waals surface area contributed by atoms with Crippen LogP contribution in [0.1, 0.15) is 0 Å². The summed E-state index contributed by atoms with van der Waals surface area (Å²) in [4.78, 5) is -0.664. The molecule has 25 heavy (non-hydrogen) atoms. The van der Waals surface area contributed by atoms with E-state index >= 15 is 0 Å².